The number of benzene rings is 2. The summed E-state index contributed by atoms with van der Waals surface area (Å²) in [7, 11) is -4.24. The summed E-state index contributed by atoms with van der Waals surface area (Å²) >= 11 is 0. The first kappa shape index (κ1) is 23.9. The maximum Gasteiger partial charge on any atom is 0.416 e. The van der Waals surface area contributed by atoms with Crippen LogP contribution in [0, 0.1) is 0 Å². The Morgan fingerprint density at radius 1 is 1.22 bits per heavy atom. The van der Waals surface area contributed by atoms with Gasteiger partial charge in [0.1, 0.15) is 6.29 Å². The van der Waals surface area contributed by atoms with E-state index in [1.54, 1.807) is 12.1 Å². The molecular formula is C22H23F3N2O4S. The van der Waals surface area contributed by atoms with Crippen LogP contribution in [0.25, 0.3) is 0 Å². The molecule has 2 atom stereocenters. The van der Waals surface area contributed by atoms with Crippen molar-refractivity contribution in [2.75, 3.05) is 0 Å². The van der Waals surface area contributed by atoms with Crippen LogP contribution in [0.15, 0.2) is 47.4 Å². The van der Waals surface area contributed by atoms with E-state index in [1.165, 1.54) is 6.92 Å². The number of sulfonamides is 1. The lowest BCUT2D eigenvalue weighted by Crippen LogP contribution is -2.39. The molecule has 10 heteroatoms. The molecule has 1 amide bonds. The summed E-state index contributed by atoms with van der Waals surface area (Å²) in [6, 6.07) is 7.63. The van der Waals surface area contributed by atoms with E-state index in [-0.39, 0.29) is 18.4 Å². The number of hydrogen-bond donors (Lipinski definition) is 2. The normalized spacial score (nSPS) is 17.3. The Kier molecular flexibility index (Phi) is 7.04. The van der Waals surface area contributed by atoms with E-state index in [0.29, 0.717) is 18.1 Å². The summed E-state index contributed by atoms with van der Waals surface area (Å²) < 4.78 is 65.8. The number of halogens is 3. The molecule has 3 rings (SSSR count). The van der Waals surface area contributed by atoms with Gasteiger partial charge in [-0.3, -0.25) is 9.59 Å². The Morgan fingerprint density at radius 2 is 1.97 bits per heavy atom. The third kappa shape index (κ3) is 5.74. The Morgan fingerprint density at radius 3 is 2.66 bits per heavy atom. The van der Waals surface area contributed by atoms with Gasteiger partial charge in [-0.25, -0.2) is 13.1 Å². The zero-order valence-corrected chi connectivity index (χ0v) is 18.1. The van der Waals surface area contributed by atoms with Gasteiger partial charge < -0.3 is 5.32 Å². The zero-order valence-electron chi connectivity index (χ0n) is 17.3. The van der Waals surface area contributed by atoms with Crippen molar-refractivity contribution in [1.82, 2.24) is 10.0 Å². The van der Waals surface area contributed by atoms with Crippen molar-refractivity contribution >= 4 is 22.2 Å². The molecule has 0 aliphatic heterocycles. The van der Waals surface area contributed by atoms with E-state index in [0.717, 1.165) is 48.5 Å². The summed E-state index contributed by atoms with van der Waals surface area (Å²) in [4.78, 5) is 23.0. The Hall–Kier alpha value is -2.72. The van der Waals surface area contributed by atoms with Gasteiger partial charge in [0.25, 0.3) is 0 Å². The largest absolute Gasteiger partial charge is 0.416 e. The molecule has 0 aromatic heterocycles. The molecule has 172 valence electrons. The molecule has 0 radical (unpaired) electrons. The third-order valence-corrected chi connectivity index (χ3v) is 6.86. The van der Waals surface area contributed by atoms with Gasteiger partial charge in [-0.15, -0.1) is 0 Å². The van der Waals surface area contributed by atoms with Gasteiger partial charge in [0, 0.05) is 18.0 Å². The monoisotopic (exact) mass is 468 g/mol. The minimum Gasteiger partial charge on any atom is -0.349 e. The Labute approximate surface area is 184 Å². The van der Waals surface area contributed by atoms with E-state index in [2.05, 4.69) is 10.0 Å². The summed E-state index contributed by atoms with van der Waals surface area (Å²) in [6.45, 7) is 1.47. The Bertz CT molecular complexity index is 1120. The molecule has 1 aliphatic carbocycles. The first-order valence-corrected chi connectivity index (χ1v) is 11.5. The number of carbonyl (C=O) groups is 2. The second-order valence-corrected chi connectivity index (χ2v) is 9.55. The van der Waals surface area contributed by atoms with Crippen molar-refractivity contribution < 1.29 is 31.2 Å². The first-order chi connectivity index (χ1) is 15.0. The van der Waals surface area contributed by atoms with E-state index in [1.807, 2.05) is 6.07 Å². The number of nitrogens with one attached hydrogen (secondary N) is 2. The highest BCUT2D eigenvalue weighted by Crippen LogP contribution is 2.31. The number of hydrogen-bond acceptors (Lipinski definition) is 4. The maximum absolute atomic E-state index is 12.9. The molecule has 0 unspecified atom stereocenters. The highest BCUT2D eigenvalue weighted by atomic mass is 32.2. The van der Waals surface area contributed by atoms with Crippen LogP contribution in [0.4, 0.5) is 13.2 Å². The zero-order chi connectivity index (χ0) is 23.5. The number of aldehydes is 1. The van der Waals surface area contributed by atoms with Crippen LogP contribution in [0.2, 0.25) is 0 Å². The van der Waals surface area contributed by atoms with Gasteiger partial charge in [-0.1, -0.05) is 18.2 Å². The lowest BCUT2D eigenvalue weighted by molar-refractivity contribution is -0.137. The minimum absolute atomic E-state index is 0.184. The molecular weight excluding hydrogens is 445 g/mol. The van der Waals surface area contributed by atoms with Gasteiger partial charge in [-0.05, 0) is 61.6 Å². The van der Waals surface area contributed by atoms with Gasteiger partial charge >= 0.3 is 6.18 Å². The highest BCUT2D eigenvalue weighted by Gasteiger charge is 2.32. The highest BCUT2D eigenvalue weighted by molar-refractivity contribution is 7.89. The second kappa shape index (κ2) is 9.41. The van der Waals surface area contributed by atoms with E-state index >= 15 is 0 Å². The van der Waals surface area contributed by atoms with Crippen molar-refractivity contribution in [3.05, 3.63) is 64.7 Å². The molecule has 2 aromatic carbocycles. The number of amides is 1. The van der Waals surface area contributed by atoms with E-state index < -0.39 is 32.7 Å². The molecule has 0 saturated heterocycles. The number of alkyl halides is 3. The quantitative estimate of drug-likeness (QED) is 0.605. The molecule has 1 aliphatic rings. The van der Waals surface area contributed by atoms with Crippen LogP contribution < -0.4 is 10.0 Å². The van der Waals surface area contributed by atoms with Crippen molar-refractivity contribution in [3.8, 4) is 0 Å². The summed E-state index contributed by atoms with van der Waals surface area (Å²) in [5.41, 5.74) is 1.41. The van der Waals surface area contributed by atoms with Crippen LogP contribution in [0.3, 0.4) is 0 Å². The molecule has 2 aromatic rings. The van der Waals surface area contributed by atoms with E-state index in [4.69, 9.17) is 0 Å². The predicted molar refractivity (Wildman–Crippen MR) is 111 cm³/mol. The number of aryl methyl sites for hydroxylation is 1. The number of fused-ring (bicyclic) bond motifs is 1. The molecule has 0 bridgehead atoms. The minimum atomic E-state index is -4.67. The van der Waals surface area contributed by atoms with Gasteiger partial charge in [0.2, 0.25) is 15.9 Å². The van der Waals surface area contributed by atoms with Crippen molar-refractivity contribution in [2.24, 2.45) is 0 Å². The third-order valence-electron chi connectivity index (χ3n) is 5.27. The number of carbonyl (C=O) groups excluding carboxylic acids is 2. The molecule has 0 spiro atoms. The van der Waals surface area contributed by atoms with Gasteiger partial charge in [-0.2, -0.15) is 13.2 Å². The van der Waals surface area contributed by atoms with Crippen LogP contribution in [-0.4, -0.2) is 26.7 Å². The lowest BCUT2D eigenvalue weighted by Gasteiger charge is -2.27. The van der Waals surface area contributed by atoms with Crippen LogP contribution >= 0.6 is 0 Å². The molecule has 0 fully saturated rings. The fraction of sp³-hybridized carbons (Fsp3) is 0.364. The fourth-order valence-corrected chi connectivity index (χ4v) is 5.09. The molecule has 0 saturated carbocycles. The molecule has 0 heterocycles. The topological polar surface area (TPSA) is 92.3 Å². The van der Waals surface area contributed by atoms with Crippen LogP contribution in [0.5, 0.6) is 0 Å². The summed E-state index contributed by atoms with van der Waals surface area (Å²) in [5.74, 6) is -0.387. The SMILES string of the molecule is C[C@@H](CC(=O)N[C@@H]1CCCc2cc(C=O)ccc21)NS(=O)(=O)c1cccc(C(F)(F)F)c1. The van der Waals surface area contributed by atoms with Crippen LogP contribution in [-0.2, 0) is 27.4 Å². The standard InChI is InChI=1S/C22H23F3N2O4S/c1-14(27-32(30,31)18-6-3-5-17(12-18)22(23,24)25)10-21(29)26-20-7-2-4-16-11-15(13-28)8-9-19(16)20/h3,5-6,8-9,11-14,20,27H,2,4,7,10H2,1H3,(H,26,29)/t14-,20+/m0/s1. The molecule has 2 N–H and O–H groups in total. The van der Waals surface area contributed by atoms with Gasteiger partial charge in [0.15, 0.2) is 0 Å². The smallest absolute Gasteiger partial charge is 0.349 e. The van der Waals surface area contributed by atoms with Gasteiger partial charge in [0.05, 0.1) is 16.5 Å². The van der Waals surface area contributed by atoms with E-state index in [9.17, 15) is 31.2 Å². The summed E-state index contributed by atoms with van der Waals surface area (Å²) in [6.07, 6.45) is -1.74. The lowest BCUT2D eigenvalue weighted by atomic mass is 9.86. The number of rotatable bonds is 7. The Balaban J connectivity index is 1.64. The van der Waals surface area contributed by atoms with Crippen molar-refractivity contribution in [2.45, 2.75) is 55.8 Å². The fourth-order valence-electron chi connectivity index (χ4n) is 3.80. The second-order valence-electron chi connectivity index (χ2n) is 7.84. The average molecular weight is 468 g/mol. The molecule has 6 nitrogen and oxygen atoms in total. The predicted octanol–water partition coefficient (Wildman–Crippen LogP) is 3.77. The average Bonchev–Trinajstić information content (AvgIpc) is 2.72. The van der Waals surface area contributed by atoms with Crippen molar-refractivity contribution in [3.63, 3.8) is 0 Å². The van der Waals surface area contributed by atoms with Crippen molar-refractivity contribution in [1.29, 1.82) is 0 Å². The van der Waals surface area contributed by atoms with Crippen LogP contribution in [0.1, 0.15) is 59.3 Å². The molecule has 32 heavy (non-hydrogen) atoms. The first-order valence-electron chi connectivity index (χ1n) is 10.1. The summed E-state index contributed by atoms with van der Waals surface area (Å²) in [5, 5.41) is 2.89. The maximum atomic E-state index is 12.9.